The normalized spacial score (nSPS) is 32.1. The molecule has 23 heavy (non-hydrogen) atoms. The van der Waals surface area contributed by atoms with Crippen molar-refractivity contribution in [2.24, 2.45) is 10.8 Å². The molecule has 0 aliphatic carbocycles. The van der Waals surface area contributed by atoms with E-state index in [1.807, 2.05) is 24.3 Å². The van der Waals surface area contributed by atoms with E-state index in [1.165, 1.54) is 6.92 Å². The first kappa shape index (κ1) is 16.4. The van der Waals surface area contributed by atoms with Crippen molar-refractivity contribution >= 4 is 11.6 Å². The number of nitrogens with one attached hydrogen (secondary N) is 1. The van der Waals surface area contributed by atoms with E-state index in [4.69, 9.17) is 14.5 Å². The minimum atomic E-state index is -0.955. The number of fused-ring (bicyclic) bond motifs is 1. The molecule has 0 saturated carbocycles. The van der Waals surface area contributed by atoms with Gasteiger partial charge in [0.2, 0.25) is 5.91 Å². The van der Waals surface area contributed by atoms with Crippen molar-refractivity contribution in [3.8, 4) is 0 Å². The quantitative estimate of drug-likeness (QED) is 0.846. The Kier molecular flexibility index (Phi) is 3.42. The molecule has 2 aliphatic heterocycles. The average Bonchev–Trinajstić information content (AvgIpc) is 2.51. The summed E-state index contributed by atoms with van der Waals surface area (Å²) >= 11 is 0. The van der Waals surface area contributed by atoms with Crippen LogP contribution in [-0.4, -0.2) is 18.1 Å². The van der Waals surface area contributed by atoms with Gasteiger partial charge in [-0.3, -0.25) is 4.79 Å². The van der Waals surface area contributed by atoms with Gasteiger partial charge in [0.15, 0.2) is 5.60 Å². The van der Waals surface area contributed by atoms with E-state index in [-0.39, 0.29) is 16.7 Å². The lowest BCUT2D eigenvalue weighted by Gasteiger charge is -2.61. The van der Waals surface area contributed by atoms with Gasteiger partial charge in [-0.2, -0.15) is 4.89 Å². The Morgan fingerprint density at radius 2 is 1.91 bits per heavy atom. The molecule has 0 radical (unpaired) electrons. The van der Waals surface area contributed by atoms with Crippen LogP contribution in [0, 0.1) is 10.8 Å². The molecule has 2 saturated heterocycles. The van der Waals surface area contributed by atoms with Crippen LogP contribution in [0.4, 0.5) is 5.69 Å². The number of carbonyl (C=O) groups excluding carboxylic acids is 1. The van der Waals surface area contributed by atoms with Crippen LogP contribution in [0.25, 0.3) is 0 Å². The third kappa shape index (κ3) is 2.00. The van der Waals surface area contributed by atoms with Gasteiger partial charge in [0.1, 0.15) is 0 Å². The largest absolute Gasteiger partial charge is 0.341 e. The molecule has 2 fully saturated rings. The zero-order valence-corrected chi connectivity index (χ0v) is 14.6. The highest BCUT2D eigenvalue weighted by atomic mass is 17.3. The van der Waals surface area contributed by atoms with Gasteiger partial charge in [-0.1, -0.05) is 46.8 Å². The SMILES string of the molecule is CC(=O)Nc1cccc(C23OCC(C)(C)C2(C(C)(C)C)OO3)c1. The molecular weight excluding hydrogens is 294 g/mol. The molecule has 5 heteroatoms. The molecule has 0 aromatic heterocycles. The monoisotopic (exact) mass is 319 g/mol. The summed E-state index contributed by atoms with van der Waals surface area (Å²) in [6, 6.07) is 7.58. The Balaban J connectivity index is 2.10. The topological polar surface area (TPSA) is 56.8 Å². The standard InChI is InChI=1S/C18H25NO4/c1-12(20)19-14-9-7-8-13(10-14)17-18(23-22-17,15(2,3)4)16(5,6)11-21-17/h7-10H,11H2,1-6H3,(H,19,20). The molecule has 0 bridgehead atoms. The zero-order valence-electron chi connectivity index (χ0n) is 14.6. The number of amides is 1. The molecule has 2 atom stereocenters. The minimum Gasteiger partial charge on any atom is -0.341 e. The molecule has 2 aliphatic rings. The number of hydrogen-bond acceptors (Lipinski definition) is 4. The van der Waals surface area contributed by atoms with Crippen molar-refractivity contribution in [3.05, 3.63) is 29.8 Å². The van der Waals surface area contributed by atoms with Crippen LogP contribution in [0.2, 0.25) is 0 Å². The predicted octanol–water partition coefficient (Wildman–Crippen LogP) is 3.60. The minimum absolute atomic E-state index is 0.111. The maximum Gasteiger partial charge on any atom is 0.261 e. The zero-order chi connectivity index (χ0) is 17.1. The summed E-state index contributed by atoms with van der Waals surface area (Å²) in [6.45, 7) is 12.7. The third-order valence-electron chi connectivity index (χ3n) is 4.96. The fourth-order valence-electron chi connectivity index (χ4n) is 4.24. The highest BCUT2D eigenvalue weighted by Crippen LogP contribution is 2.69. The van der Waals surface area contributed by atoms with E-state index < -0.39 is 11.4 Å². The summed E-state index contributed by atoms with van der Waals surface area (Å²) in [5.41, 5.74) is 0.552. The smallest absolute Gasteiger partial charge is 0.261 e. The highest BCUT2D eigenvalue weighted by Gasteiger charge is 2.81. The van der Waals surface area contributed by atoms with Crippen LogP contribution in [0.1, 0.15) is 47.1 Å². The summed E-state index contributed by atoms with van der Waals surface area (Å²) in [7, 11) is 0. The lowest BCUT2D eigenvalue weighted by atomic mass is 9.57. The molecule has 0 spiro atoms. The Morgan fingerprint density at radius 1 is 1.22 bits per heavy atom. The molecule has 2 unspecified atom stereocenters. The fraction of sp³-hybridized carbons (Fsp3) is 0.611. The lowest BCUT2D eigenvalue weighted by Crippen LogP contribution is -2.73. The Morgan fingerprint density at radius 3 is 2.43 bits per heavy atom. The molecular formula is C18H25NO4. The number of benzene rings is 1. The first-order valence-electron chi connectivity index (χ1n) is 7.95. The van der Waals surface area contributed by atoms with Crippen molar-refractivity contribution in [3.63, 3.8) is 0 Å². The summed E-state index contributed by atoms with van der Waals surface area (Å²) < 4.78 is 6.17. The van der Waals surface area contributed by atoms with Crippen LogP contribution < -0.4 is 5.32 Å². The second-order valence-corrected chi connectivity index (χ2v) is 8.15. The van der Waals surface area contributed by atoms with E-state index in [0.29, 0.717) is 6.61 Å². The second kappa shape index (κ2) is 4.79. The number of rotatable bonds is 2. The first-order chi connectivity index (χ1) is 10.6. The molecule has 1 amide bonds. The van der Waals surface area contributed by atoms with Gasteiger partial charge in [-0.15, -0.1) is 0 Å². The second-order valence-electron chi connectivity index (χ2n) is 8.15. The maximum absolute atomic E-state index is 11.3. The average molecular weight is 319 g/mol. The van der Waals surface area contributed by atoms with Crippen LogP contribution in [0.3, 0.4) is 0 Å². The Bertz CT molecular complexity index is 649. The molecule has 2 heterocycles. The van der Waals surface area contributed by atoms with E-state index in [9.17, 15) is 4.79 Å². The van der Waals surface area contributed by atoms with Crippen LogP contribution in [-0.2, 0) is 25.1 Å². The van der Waals surface area contributed by atoms with Gasteiger partial charge in [-0.05, 0) is 12.1 Å². The van der Waals surface area contributed by atoms with Crippen LogP contribution in [0.5, 0.6) is 0 Å². The molecule has 3 rings (SSSR count). The number of hydrogen-bond donors (Lipinski definition) is 1. The van der Waals surface area contributed by atoms with E-state index in [1.54, 1.807) is 0 Å². The van der Waals surface area contributed by atoms with Gasteiger partial charge in [-0.25, -0.2) is 4.89 Å². The number of anilines is 1. The maximum atomic E-state index is 11.3. The van der Waals surface area contributed by atoms with Crippen LogP contribution >= 0.6 is 0 Å². The van der Waals surface area contributed by atoms with Crippen molar-refractivity contribution in [2.75, 3.05) is 11.9 Å². The number of carbonyl (C=O) groups is 1. The van der Waals surface area contributed by atoms with Crippen molar-refractivity contribution in [1.82, 2.24) is 0 Å². The van der Waals surface area contributed by atoms with Gasteiger partial charge < -0.3 is 10.1 Å². The Hall–Kier alpha value is -1.43. The molecule has 1 aromatic rings. The highest BCUT2D eigenvalue weighted by molar-refractivity contribution is 5.88. The molecule has 1 N–H and O–H groups in total. The molecule has 1 aromatic carbocycles. The fourth-order valence-corrected chi connectivity index (χ4v) is 4.24. The lowest BCUT2D eigenvalue weighted by molar-refractivity contribution is -0.626. The summed E-state index contributed by atoms with van der Waals surface area (Å²) in [5.74, 6) is -1.07. The van der Waals surface area contributed by atoms with Gasteiger partial charge in [0.05, 0.1) is 6.61 Å². The van der Waals surface area contributed by atoms with E-state index >= 15 is 0 Å². The Labute approximate surface area is 137 Å². The van der Waals surface area contributed by atoms with Gasteiger partial charge in [0.25, 0.3) is 5.79 Å². The third-order valence-corrected chi connectivity index (χ3v) is 4.96. The van der Waals surface area contributed by atoms with Gasteiger partial charge in [0, 0.05) is 29.0 Å². The van der Waals surface area contributed by atoms with Gasteiger partial charge >= 0.3 is 0 Å². The van der Waals surface area contributed by atoms with Crippen LogP contribution in [0.15, 0.2) is 24.3 Å². The summed E-state index contributed by atoms with van der Waals surface area (Å²) in [5, 5.41) is 2.81. The summed E-state index contributed by atoms with van der Waals surface area (Å²) in [6.07, 6.45) is 0. The molecule has 126 valence electrons. The number of ether oxygens (including phenoxy) is 1. The van der Waals surface area contributed by atoms with Crippen molar-refractivity contribution in [1.29, 1.82) is 0 Å². The van der Waals surface area contributed by atoms with E-state index in [2.05, 4.69) is 39.9 Å². The van der Waals surface area contributed by atoms with Crippen molar-refractivity contribution < 1.29 is 19.3 Å². The van der Waals surface area contributed by atoms with E-state index in [0.717, 1.165) is 11.3 Å². The predicted molar refractivity (Wildman–Crippen MR) is 86.5 cm³/mol. The molecule has 5 nitrogen and oxygen atoms in total. The first-order valence-corrected chi connectivity index (χ1v) is 7.95. The summed E-state index contributed by atoms with van der Waals surface area (Å²) in [4.78, 5) is 22.7. The van der Waals surface area contributed by atoms with Crippen molar-refractivity contribution in [2.45, 2.75) is 52.9 Å².